The molecule has 0 fully saturated rings. The summed E-state index contributed by atoms with van der Waals surface area (Å²) >= 11 is 0. The molecule has 4 nitrogen and oxygen atoms in total. The van der Waals surface area contributed by atoms with Gasteiger partial charge in [-0.1, -0.05) is 18.2 Å². The van der Waals surface area contributed by atoms with Crippen LogP contribution in [0.5, 0.6) is 5.75 Å². The quantitative estimate of drug-likeness (QED) is 0.631. The van der Waals surface area contributed by atoms with Gasteiger partial charge in [-0.25, -0.2) is 4.39 Å². The Bertz CT molecular complexity index is 894. The highest BCUT2D eigenvalue weighted by Gasteiger charge is 2.22. The van der Waals surface area contributed by atoms with E-state index in [0.29, 0.717) is 12.1 Å². The molecule has 0 aliphatic carbocycles. The highest BCUT2D eigenvalue weighted by atomic mass is 19.1. The van der Waals surface area contributed by atoms with Crippen molar-refractivity contribution in [2.24, 2.45) is 0 Å². The van der Waals surface area contributed by atoms with Crippen molar-refractivity contribution in [3.05, 3.63) is 90.0 Å². The minimum Gasteiger partial charge on any atom is -0.491 e. The molecule has 0 radical (unpaired) electrons. The summed E-state index contributed by atoms with van der Waals surface area (Å²) in [6.07, 6.45) is 2.21. The van der Waals surface area contributed by atoms with Crippen molar-refractivity contribution in [1.82, 2.24) is 4.98 Å². The lowest BCUT2D eigenvalue weighted by Crippen LogP contribution is -2.23. The van der Waals surface area contributed by atoms with Gasteiger partial charge in [0, 0.05) is 24.0 Å². The van der Waals surface area contributed by atoms with Crippen molar-refractivity contribution in [3.8, 4) is 5.75 Å². The topological polar surface area (TPSA) is 51.2 Å². The van der Waals surface area contributed by atoms with E-state index in [1.54, 1.807) is 30.5 Å². The zero-order chi connectivity index (χ0) is 19.9. The van der Waals surface area contributed by atoms with Gasteiger partial charge >= 0.3 is 0 Å². The van der Waals surface area contributed by atoms with Crippen LogP contribution in [-0.4, -0.2) is 17.0 Å². The molecule has 1 aromatic heterocycles. The molecule has 0 saturated carbocycles. The molecule has 0 spiro atoms. The average molecular weight is 378 g/mol. The zero-order valence-corrected chi connectivity index (χ0v) is 15.9. The first-order valence-electron chi connectivity index (χ1n) is 9.24. The highest BCUT2D eigenvalue weighted by molar-refractivity contribution is 5.96. The molecule has 28 heavy (non-hydrogen) atoms. The van der Waals surface area contributed by atoms with E-state index >= 15 is 0 Å². The Hall–Kier alpha value is -3.21. The van der Waals surface area contributed by atoms with Crippen molar-refractivity contribution in [3.63, 3.8) is 0 Å². The van der Waals surface area contributed by atoms with Gasteiger partial charge in [0.2, 0.25) is 5.91 Å². The van der Waals surface area contributed by atoms with Gasteiger partial charge in [-0.2, -0.15) is 0 Å². The lowest BCUT2D eigenvalue weighted by atomic mass is 9.93. The van der Waals surface area contributed by atoms with Crippen molar-refractivity contribution in [2.75, 3.05) is 5.32 Å². The molecule has 0 bridgehead atoms. The molecule has 3 aromatic rings. The molecular weight excluding hydrogens is 355 g/mol. The molecular formula is C23H23FN2O2. The summed E-state index contributed by atoms with van der Waals surface area (Å²) < 4.78 is 19.0. The third-order valence-electron chi connectivity index (χ3n) is 4.22. The molecule has 0 aliphatic heterocycles. The molecule has 0 aliphatic rings. The summed E-state index contributed by atoms with van der Waals surface area (Å²) in [4.78, 5) is 17.3. The fourth-order valence-electron chi connectivity index (χ4n) is 2.90. The maximum Gasteiger partial charge on any atom is 0.232 e. The second-order valence-electron chi connectivity index (χ2n) is 6.81. The van der Waals surface area contributed by atoms with Gasteiger partial charge in [0.05, 0.1) is 12.0 Å². The molecule has 3 rings (SSSR count). The normalized spacial score (nSPS) is 11.9. The standard InChI is InChI=1S/C23H23FN2O2/c1-16(2)28-21-12-10-19(11-13-21)26-23(27)22(15-20-5-3-4-14-25-20)17-6-8-18(24)9-7-17/h3-14,16,22H,15H2,1-2H3,(H,26,27). The first-order chi connectivity index (χ1) is 13.5. The van der Waals surface area contributed by atoms with Crippen molar-refractivity contribution < 1.29 is 13.9 Å². The van der Waals surface area contributed by atoms with E-state index in [-0.39, 0.29) is 17.8 Å². The molecule has 5 heteroatoms. The number of aromatic nitrogens is 1. The SMILES string of the molecule is CC(C)Oc1ccc(NC(=O)C(Cc2ccccn2)c2ccc(F)cc2)cc1. The van der Waals surface area contributed by atoms with Gasteiger partial charge in [0.1, 0.15) is 11.6 Å². The van der Waals surface area contributed by atoms with E-state index in [1.165, 1.54) is 12.1 Å². The number of benzene rings is 2. The Labute approximate surface area is 164 Å². The van der Waals surface area contributed by atoms with Gasteiger partial charge < -0.3 is 10.1 Å². The van der Waals surface area contributed by atoms with E-state index in [2.05, 4.69) is 10.3 Å². The van der Waals surface area contributed by atoms with E-state index in [4.69, 9.17) is 4.74 Å². The van der Waals surface area contributed by atoms with E-state index < -0.39 is 5.92 Å². The molecule has 0 saturated heterocycles. The number of rotatable bonds is 7. The number of hydrogen-bond donors (Lipinski definition) is 1. The largest absolute Gasteiger partial charge is 0.491 e. The lowest BCUT2D eigenvalue weighted by Gasteiger charge is -2.17. The lowest BCUT2D eigenvalue weighted by molar-refractivity contribution is -0.117. The van der Waals surface area contributed by atoms with E-state index in [9.17, 15) is 9.18 Å². The summed E-state index contributed by atoms with van der Waals surface area (Å²) in [7, 11) is 0. The van der Waals surface area contributed by atoms with Crippen LogP contribution in [0.1, 0.15) is 31.0 Å². The van der Waals surface area contributed by atoms with Crippen molar-refractivity contribution in [1.29, 1.82) is 0 Å². The number of hydrogen-bond acceptors (Lipinski definition) is 3. The molecule has 1 N–H and O–H groups in total. The molecule has 1 heterocycles. The Kier molecular flexibility index (Phi) is 6.37. The van der Waals surface area contributed by atoms with Gasteiger partial charge in [0.25, 0.3) is 0 Å². The first kappa shape index (κ1) is 19.5. The van der Waals surface area contributed by atoms with Crippen LogP contribution < -0.4 is 10.1 Å². The van der Waals surface area contributed by atoms with Crippen LogP contribution in [-0.2, 0) is 11.2 Å². The van der Waals surface area contributed by atoms with Gasteiger partial charge in [-0.05, 0) is 67.9 Å². The number of nitrogens with one attached hydrogen (secondary N) is 1. The molecule has 1 unspecified atom stereocenters. The predicted octanol–water partition coefficient (Wildman–Crippen LogP) is 4.97. The van der Waals surface area contributed by atoms with Gasteiger partial charge in [-0.15, -0.1) is 0 Å². The molecule has 144 valence electrons. The van der Waals surface area contributed by atoms with Crippen LogP contribution in [0.25, 0.3) is 0 Å². The maximum absolute atomic E-state index is 13.3. The van der Waals surface area contributed by atoms with Crippen LogP contribution in [0.4, 0.5) is 10.1 Å². The molecule has 1 amide bonds. The summed E-state index contributed by atoms with van der Waals surface area (Å²) in [5.41, 5.74) is 2.21. The van der Waals surface area contributed by atoms with Crippen LogP contribution in [0.15, 0.2) is 72.9 Å². The van der Waals surface area contributed by atoms with Gasteiger partial charge in [-0.3, -0.25) is 9.78 Å². The summed E-state index contributed by atoms with van der Waals surface area (Å²) in [5, 5.41) is 2.94. The van der Waals surface area contributed by atoms with Crippen LogP contribution in [0, 0.1) is 5.82 Å². The number of pyridine rings is 1. The third-order valence-corrected chi connectivity index (χ3v) is 4.22. The number of halogens is 1. The number of anilines is 1. The number of nitrogens with zero attached hydrogens (tertiary/aromatic N) is 1. The van der Waals surface area contributed by atoms with Gasteiger partial charge in [0.15, 0.2) is 0 Å². The average Bonchev–Trinajstić information content (AvgIpc) is 2.69. The second kappa shape index (κ2) is 9.13. The van der Waals surface area contributed by atoms with Crippen LogP contribution >= 0.6 is 0 Å². The maximum atomic E-state index is 13.3. The summed E-state index contributed by atoms with van der Waals surface area (Å²) in [6, 6.07) is 18.9. The van der Waals surface area contributed by atoms with Crippen molar-refractivity contribution >= 4 is 11.6 Å². The smallest absolute Gasteiger partial charge is 0.232 e. The Morgan fingerprint density at radius 1 is 1.04 bits per heavy atom. The number of ether oxygens (including phenoxy) is 1. The number of amides is 1. The Balaban J connectivity index is 1.78. The minimum absolute atomic E-state index is 0.0849. The van der Waals surface area contributed by atoms with Crippen LogP contribution in [0.2, 0.25) is 0 Å². The third kappa shape index (κ3) is 5.39. The second-order valence-corrected chi connectivity index (χ2v) is 6.81. The molecule has 1 atom stereocenters. The Morgan fingerprint density at radius 3 is 2.36 bits per heavy atom. The Morgan fingerprint density at radius 2 is 1.75 bits per heavy atom. The first-order valence-corrected chi connectivity index (χ1v) is 9.24. The number of carbonyl (C=O) groups is 1. The fourth-order valence-corrected chi connectivity index (χ4v) is 2.90. The highest BCUT2D eigenvalue weighted by Crippen LogP contribution is 2.24. The zero-order valence-electron chi connectivity index (χ0n) is 15.9. The van der Waals surface area contributed by atoms with E-state index in [0.717, 1.165) is 17.0 Å². The monoisotopic (exact) mass is 378 g/mol. The fraction of sp³-hybridized carbons (Fsp3) is 0.217. The molecule has 2 aromatic carbocycles. The summed E-state index contributed by atoms with van der Waals surface area (Å²) in [6.45, 7) is 3.92. The van der Waals surface area contributed by atoms with E-state index in [1.807, 2.05) is 44.2 Å². The summed E-state index contributed by atoms with van der Waals surface area (Å²) in [5.74, 6) is -0.241. The number of carbonyl (C=O) groups excluding carboxylic acids is 1. The van der Waals surface area contributed by atoms with Crippen molar-refractivity contribution in [2.45, 2.75) is 32.3 Å². The minimum atomic E-state index is -0.484. The van der Waals surface area contributed by atoms with Crippen LogP contribution in [0.3, 0.4) is 0 Å². The predicted molar refractivity (Wildman–Crippen MR) is 108 cm³/mol.